The molecule has 5 N–H and O–H groups in total. The number of hydrogen-bond donors (Lipinski definition) is 5. The van der Waals surface area contributed by atoms with Gasteiger partial charge in [0.15, 0.2) is 0 Å². The molecule has 0 unspecified atom stereocenters. The Morgan fingerprint density at radius 1 is 0.732 bits per heavy atom. The number of amides is 5. The monoisotopic (exact) mass is 774 g/mol. The highest BCUT2D eigenvalue weighted by molar-refractivity contribution is 5.97. The Kier molecular flexibility index (Phi) is 14.4. The number of carbonyl (C=O) groups excluding carboxylic acids is 6. The van der Waals surface area contributed by atoms with E-state index < -0.39 is 77.1 Å². The number of hydrogen-bond acceptors (Lipinski definition) is 8. The maximum absolute atomic E-state index is 14.4. The highest BCUT2D eigenvalue weighted by Gasteiger charge is 2.37. The van der Waals surface area contributed by atoms with Crippen molar-refractivity contribution in [3.8, 4) is 0 Å². The standard InChI is InChI=1S/C42H58N6O8/c1-25(2)34-38(52)47-35(26(3)55-41(4,5)6)39(53)45-30(22-27-16-11-10-12-17-27)37(51)44-31(36(50)43-21-15-20-33(49)46-34)23-28-24-48(40(54)56-42(7,8)9)32-19-14-13-18-29(28)32/h10-14,16-19,24-26,30-31,34-35H,15,20-23H2,1-9H3,(H,43,50)(H,44,51)(H,45,53)(H,46,49)(H,47,52)/t26-,30+,31+,34+,35+/m1/s1. The van der Waals surface area contributed by atoms with Crippen LogP contribution in [-0.2, 0) is 46.3 Å². The third-order valence-electron chi connectivity index (χ3n) is 9.09. The first-order valence-electron chi connectivity index (χ1n) is 19.2. The van der Waals surface area contributed by atoms with Gasteiger partial charge >= 0.3 is 6.09 Å². The van der Waals surface area contributed by atoms with E-state index in [1.54, 1.807) is 59.9 Å². The fourth-order valence-corrected chi connectivity index (χ4v) is 6.53. The minimum atomic E-state index is -1.26. The smallest absolute Gasteiger partial charge is 0.419 e. The van der Waals surface area contributed by atoms with E-state index >= 15 is 0 Å². The van der Waals surface area contributed by atoms with E-state index in [9.17, 15) is 28.8 Å². The third-order valence-corrected chi connectivity index (χ3v) is 9.09. The fourth-order valence-electron chi connectivity index (χ4n) is 6.53. The molecule has 4 rings (SSSR count). The molecule has 3 aromatic rings. The molecule has 0 radical (unpaired) electrons. The van der Waals surface area contributed by atoms with Crippen molar-refractivity contribution in [3.05, 3.63) is 71.9 Å². The second-order valence-electron chi connectivity index (χ2n) is 16.6. The normalized spacial score (nSPS) is 21.6. The summed E-state index contributed by atoms with van der Waals surface area (Å²) in [4.78, 5) is 82.7. The predicted octanol–water partition coefficient (Wildman–Crippen LogP) is 3.92. The Bertz CT molecular complexity index is 1880. The summed E-state index contributed by atoms with van der Waals surface area (Å²) in [6.45, 7) is 16.1. The van der Waals surface area contributed by atoms with Gasteiger partial charge in [0.25, 0.3) is 0 Å². The Hall–Kier alpha value is -5.24. The number of nitrogens with one attached hydrogen (secondary N) is 5. The van der Waals surface area contributed by atoms with Gasteiger partial charge in [0, 0.05) is 37.4 Å². The molecule has 56 heavy (non-hydrogen) atoms. The molecule has 0 saturated carbocycles. The molecule has 1 aliphatic rings. The van der Waals surface area contributed by atoms with E-state index in [2.05, 4.69) is 26.6 Å². The first-order chi connectivity index (χ1) is 26.2. The zero-order valence-corrected chi connectivity index (χ0v) is 34.0. The molecule has 1 saturated heterocycles. The lowest BCUT2D eigenvalue weighted by Crippen LogP contribution is -2.62. The van der Waals surface area contributed by atoms with Gasteiger partial charge in [0.2, 0.25) is 29.5 Å². The summed E-state index contributed by atoms with van der Waals surface area (Å²) in [5, 5.41) is 14.8. The molecule has 0 spiro atoms. The molecular formula is C42H58N6O8. The molecule has 304 valence electrons. The van der Waals surface area contributed by atoms with Gasteiger partial charge in [-0.25, -0.2) is 4.79 Å². The average molecular weight is 775 g/mol. The first kappa shape index (κ1) is 43.5. The Morgan fingerprint density at radius 2 is 1.34 bits per heavy atom. The molecule has 1 fully saturated rings. The van der Waals surface area contributed by atoms with Crippen molar-refractivity contribution < 1.29 is 38.2 Å². The van der Waals surface area contributed by atoms with Crippen LogP contribution in [0, 0.1) is 5.92 Å². The molecule has 5 amide bonds. The quantitative estimate of drug-likeness (QED) is 0.239. The summed E-state index contributed by atoms with van der Waals surface area (Å²) in [5.41, 5.74) is 0.436. The van der Waals surface area contributed by atoms with Gasteiger partial charge in [0.05, 0.1) is 17.2 Å². The molecule has 1 aliphatic heterocycles. The van der Waals surface area contributed by atoms with Gasteiger partial charge in [-0.15, -0.1) is 0 Å². The highest BCUT2D eigenvalue weighted by Crippen LogP contribution is 2.24. The minimum absolute atomic E-state index is 0.00375. The van der Waals surface area contributed by atoms with Gasteiger partial charge in [-0.1, -0.05) is 62.4 Å². The lowest BCUT2D eigenvalue weighted by Gasteiger charge is -2.33. The number of fused-ring (bicyclic) bond motifs is 1. The van der Waals surface area contributed by atoms with E-state index in [4.69, 9.17) is 9.47 Å². The van der Waals surface area contributed by atoms with E-state index in [0.29, 0.717) is 16.5 Å². The summed E-state index contributed by atoms with van der Waals surface area (Å²) in [6, 6.07) is 11.7. The van der Waals surface area contributed by atoms with Crippen LogP contribution in [0.2, 0.25) is 0 Å². The Labute approximate surface area is 329 Å². The molecule has 5 atom stereocenters. The van der Waals surface area contributed by atoms with Crippen LogP contribution in [0.1, 0.15) is 86.3 Å². The van der Waals surface area contributed by atoms with Gasteiger partial charge in [0.1, 0.15) is 29.8 Å². The molecule has 0 bridgehead atoms. The van der Waals surface area contributed by atoms with Gasteiger partial charge in [-0.05, 0) is 78.0 Å². The van der Waals surface area contributed by atoms with Gasteiger partial charge in [-0.2, -0.15) is 0 Å². The maximum atomic E-state index is 14.4. The first-order valence-corrected chi connectivity index (χ1v) is 19.2. The zero-order chi connectivity index (χ0) is 41.4. The van der Waals surface area contributed by atoms with Crippen LogP contribution < -0.4 is 26.6 Å². The Balaban J connectivity index is 1.76. The second kappa shape index (κ2) is 18.6. The lowest BCUT2D eigenvalue weighted by molar-refractivity contribution is -0.141. The van der Waals surface area contributed by atoms with E-state index in [0.717, 1.165) is 5.56 Å². The van der Waals surface area contributed by atoms with Crippen LogP contribution in [0.5, 0.6) is 0 Å². The number of para-hydroxylation sites is 1. The van der Waals surface area contributed by atoms with Crippen LogP contribution in [-0.4, -0.2) is 88.2 Å². The average Bonchev–Trinajstić information content (AvgIpc) is 3.47. The summed E-state index contributed by atoms with van der Waals surface area (Å²) < 4.78 is 13.2. The van der Waals surface area contributed by atoms with Crippen molar-refractivity contribution in [2.24, 2.45) is 5.92 Å². The molecule has 14 nitrogen and oxygen atoms in total. The zero-order valence-electron chi connectivity index (χ0n) is 34.0. The molecule has 1 aromatic heterocycles. The van der Waals surface area contributed by atoms with Gasteiger partial charge in [-0.3, -0.25) is 28.5 Å². The number of rotatable bonds is 7. The number of benzene rings is 2. The molecule has 2 aromatic carbocycles. The summed E-state index contributed by atoms with van der Waals surface area (Å²) in [6.07, 6.45) is 0.435. The van der Waals surface area contributed by atoms with Crippen LogP contribution in [0.15, 0.2) is 60.8 Å². The van der Waals surface area contributed by atoms with Crippen LogP contribution in [0.25, 0.3) is 10.9 Å². The number of ether oxygens (including phenoxy) is 2. The van der Waals surface area contributed by atoms with Crippen molar-refractivity contribution in [1.29, 1.82) is 0 Å². The fraction of sp³-hybridized carbons (Fsp3) is 0.524. The highest BCUT2D eigenvalue weighted by atomic mass is 16.6. The van der Waals surface area contributed by atoms with Crippen molar-refractivity contribution in [3.63, 3.8) is 0 Å². The summed E-state index contributed by atoms with van der Waals surface area (Å²) in [5.74, 6) is -3.17. The molecule has 0 aliphatic carbocycles. The molecule has 14 heteroatoms. The van der Waals surface area contributed by atoms with Crippen molar-refractivity contribution in [1.82, 2.24) is 31.2 Å². The molecular weight excluding hydrogens is 716 g/mol. The Morgan fingerprint density at radius 3 is 1.98 bits per heavy atom. The number of carbonyl (C=O) groups is 6. The largest absolute Gasteiger partial charge is 0.443 e. The van der Waals surface area contributed by atoms with E-state index in [1.807, 2.05) is 63.2 Å². The summed E-state index contributed by atoms with van der Waals surface area (Å²) in [7, 11) is 0. The van der Waals surface area contributed by atoms with E-state index in [-0.39, 0.29) is 38.1 Å². The van der Waals surface area contributed by atoms with E-state index in [1.165, 1.54) is 4.57 Å². The number of aromatic nitrogens is 1. The summed E-state index contributed by atoms with van der Waals surface area (Å²) >= 11 is 0. The topological polar surface area (TPSA) is 186 Å². The lowest BCUT2D eigenvalue weighted by atomic mass is 10.0. The van der Waals surface area contributed by atoms with Crippen molar-refractivity contribution in [2.45, 2.75) is 129 Å². The van der Waals surface area contributed by atoms with Gasteiger partial charge < -0.3 is 36.1 Å². The molecule has 2 heterocycles. The SMILES string of the molecule is CC(C)[C@@H]1NC(=O)CCCNC(=O)[C@H](Cc2cn(C(=O)OC(C)(C)C)c3ccccc23)NC(=O)[C@H](Cc2ccccc2)NC(=O)[C@H]([C@@H](C)OC(C)(C)C)NC1=O. The van der Waals surface area contributed by atoms with Crippen LogP contribution in [0.4, 0.5) is 4.79 Å². The third kappa shape index (κ3) is 12.4. The minimum Gasteiger partial charge on any atom is -0.443 e. The van der Waals surface area contributed by atoms with Crippen molar-refractivity contribution in [2.75, 3.05) is 6.54 Å². The van der Waals surface area contributed by atoms with Crippen LogP contribution in [0.3, 0.4) is 0 Å². The predicted molar refractivity (Wildman–Crippen MR) is 213 cm³/mol. The number of nitrogens with zero attached hydrogens (tertiary/aromatic N) is 1. The van der Waals surface area contributed by atoms with Crippen LogP contribution >= 0.6 is 0 Å². The van der Waals surface area contributed by atoms with Crippen molar-refractivity contribution >= 4 is 46.5 Å². The maximum Gasteiger partial charge on any atom is 0.419 e. The second-order valence-corrected chi connectivity index (χ2v) is 16.6.